The van der Waals surface area contributed by atoms with E-state index in [4.69, 9.17) is 11.6 Å². The van der Waals surface area contributed by atoms with Crippen LogP contribution in [0.5, 0.6) is 5.75 Å². The number of aliphatic hydroxyl groups excluding tert-OH is 1. The van der Waals surface area contributed by atoms with Gasteiger partial charge in [-0.1, -0.05) is 17.7 Å². The number of hydrogen-bond donors (Lipinski definition) is 2. The lowest BCUT2D eigenvalue weighted by Gasteiger charge is -2.34. The largest absolute Gasteiger partial charge is 0.506 e. The molecule has 26 heavy (non-hydrogen) atoms. The molecule has 0 aromatic heterocycles. The van der Waals surface area contributed by atoms with E-state index in [1.165, 1.54) is 6.07 Å². The molecule has 0 radical (unpaired) electrons. The number of aliphatic hydroxyl groups is 1. The van der Waals surface area contributed by atoms with Crippen molar-refractivity contribution in [3.63, 3.8) is 0 Å². The summed E-state index contributed by atoms with van der Waals surface area (Å²) in [6.07, 6.45) is 0.263. The summed E-state index contributed by atoms with van der Waals surface area (Å²) in [5.74, 6) is 0.528. The van der Waals surface area contributed by atoms with Gasteiger partial charge in [-0.05, 0) is 30.7 Å². The van der Waals surface area contributed by atoms with E-state index in [-0.39, 0.29) is 35.6 Å². The lowest BCUT2D eigenvalue weighted by molar-refractivity contribution is -0.129. The smallest absolute Gasteiger partial charge is 0.227 e. The molecule has 0 bridgehead atoms. The molecule has 144 valence electrons. The molecule has 2 saturated heterocycles. The molecule has 2 aliphatic heterocycles. The summed E-state index contributed by atoms with van der Waals surface area (Å²) in [6.45, 7) is 6.60. The Balaban J connectivity index is 1.57. The molecular weight excluding hydrogens is 354 g/mol. The Bertz CT molecular complexity index is 634. The molecule has 0 unspecified atom stereocenters. The van der Waals surface area contributed by atoms with Gasteiger partial charge in [-0.3, -0.25) is 4.79 Å². The Morgan fingerprint density at radius 2 is 1.88 bits per heavy atom. The van der Waals surface area contributed by atoms with Crippen LogP contribution in [0.1, 0.15) is 5.56 Å². The number of carbonyl (C=O) groups is 1. The second kappa shape index (κ2) is 8.57. The first kappa shape index (κ1) is 19.4. The second-order valence-corrected chi connectivity index (χ2v) is 7.98. The number of piperazine rings is 1. The molecule has 2 atom stereocenters. The van der Waals surface area contributed by atoms with E-state index in [1.807, 2.05) is 4.90 Å². The first-order chi connectivity index (χ1) is 12.5. The van der Waals surface area contributed by atoms with Crippen molar-refractivity contribution in [1.29, 1.82) is 0 Å². The van der Waals surface area contributed by atoms with Crippen molar-refractivity contribution in [2.75, 3.05) is 59.5 Å². The number of amides is 1. The third-order valence-electron chi connectivity index (χ3n) is 5.62. The average molecular weight is 382 g/mol. The first-order valence-electron chi connectivity index (χ1n) is 9.23. The number of benzene rings is 1. The van der Waals surface area contributed by atoms with Crippen molar-refractivity contribution in [2.45, 2.75) is 6.42 Å². The van der Waals surface area contributed by atoms with Crippen molar-refractivity contribution in [2.24, 2.45) is 11.8 Å². The highest BCUT2D eigenvalue weighted by Gasteiger charge is 2.36. The predicted molar refractivity (Wildman–Crippen MR) is 101 cm³/mol. The van der Waals surface area contributed by atoms with Gasteiger partial charge in [-0.15, -0.1) is 0 Å². The number of nitrogens with zero attached hydrogens (tertiary/aromatic N) is 3. The minimum absolute atomic E-state index is 0.0247. The Hall–Kier alpha value is -1.34. The quantitative estimate of drug-likeness (QED) is 0.793. The molecule has 2 N–H and O–H groups in total. The Morgan fingerprint density at radius 1 is 1.19 bits per heavy atom. The van der Waals surface area contributed by atoms with Crippen LogP contribution in [0.2, 0.25) is 5.02 Å². The van der Waals surface area contributed by atoms with Crippen LogP contribution in [0.3, 0.4) is 0 Å². The number of likely N-dealkylation sites (N-methyl/N-ethyl adjacent to an activating group) is 1. The number of aromatic hydroxyl groups is 1. The van der Waals surface area contributed by atoms with Crippen molar-refractivity contribution < 1.29 is 15.0 Å². The van der Waals surface area contributed by atoms with Crippen LogP contribution in [0.4, 0.5) is 0 Å². The van der Waals surface area contributed by atoms with Crippen LogP contribution in [0, 0.1) is 11.8 Å². The van der Waals surface area contributed by atoms with Gasteiger partial charge in [-0.2, -0.15) is 0 Å². The van der Waals surface area contributed by atoms with E-state index in [1.54, 1.807) is 12.1 Å². The SMILES string of the molecule is CN1CCN(C[C@@H]2CN(C(=O)Cc3ccc(O)c(Cl)c3)C[C@@H]2CO)CC1. The highest BCUT2D eigenvalue weighted by atomic mass is 35.5. The lowest BCUT2D eigenvalue weighted by atomic mass is 9.96. The molecule has 6 nitrogen and oxygen atoms in total. The number of halogens is 1. The van der Waals surface area contributed by atoms with Gasteiger partial charge >= 0.3 is 0 Å². The fourth-order valence-electron chi connectivity index (χ4n) is 3.86. The molecule has 1 amide bonds. The van der Waals surface area contributed by atoms with Gasteiger partial charge in [-0.25, -0.2) is 0 Å². The summed E-state index contributed by atoms with van der Waals surface area (Å²) < 4.78 is 0. The third kappa shape index (κ3) is 4.68. The molecule has 7 heteroatoms. The lowest BCUT2D eigenvalue weighted by Crippen LogP contribution is -2.47. The van der Waals surface area contributed by atoms with Gasteiger partial charge in [0.25, 0.3) is 0 Å². The maximum atomic E-state index is 12.7. The monoisotopic (exact) mass is 381 g/mol. The molecule has 1 aromatic carbocycles. The summed E-state index contributed by atoms with van der Waals surface area (Å²) in [6, 6.07) is 4.87. The molecule has 0 aliphatic carbocycles. The Labute approximate surface area is 159 Å². The normalized spacial score (nSPS) is 25.0. The van der Waals surface area contributed by atoms with Gasteiger partial charge in [0, 0.05) is 58.3 Å². The molecular formula is C19H28ClN3O3. The highest BCUT2D eigenvalue weighted by Crippen LogP contribution is 2.27. The molecule has 1 aromatic rings. The van der Waals surface area contributed by atoms with E-state index in [9.17, 15) is 15.0 Å². The van der Waals surface area contributed by atoms with Crippen LogP contribution >= 0.6 is 11.6 Å². The van der Waals surface area contributed by atoms with Crippen molar-refractivity contribution in [3.8, 4) is 5.75 Å². The second-order valence-electron chi connectivity index (χ2n) is 7.57. The fourth-order valence-corrected chi connectivity index (χ4v) is 4.07. The third-order valence-corrected chi connectivity index (χ3v) is 5.92. The van der Waals surface area contributed by atoms with Gasteiger partial charge < -0.3 is 24.9 Å². The molecule has 2 fully saturated rings. The number of phenols is 1. The molecule has 0 saturated carbocycles. The maximum Gasteiger partial charge on any atom is 0.227 e. The van der Waals surface area contributed by atoms with Gasteiger partial charge in [0.15, 0.2) is 0 Å². The molecule has 2 aliphatic rings. The van der Waals surface area contributed by atoms with E-state index in [0.29, 0.717) is 19.0 Å². The molecule has 2 heterocycles. The zero-order chi connectivity index (χ0) is 18.7. The summed E-state index contributed by atoms with van der Waals surface area (Å²) in [5.41, 5.74) is 0.792. The van der Waals surface area contributed by atoms with Crippen molar-refractivity contribution in [3.05, 3.63) is 28.8 Å². The summed E-state index contributed by atoms with van der Waals surface area (Å²) >= 11 is 5.93. The maximum absolute atomic E-state index is 12.7. The molecule has 0 spiro atoms. The van der Waals surface area contributed by atoms with E-state index < -0.39 is 0 Å². The minimum atomic E-state index is 0.0247. The van der Waals surface area contributed by atoms with Crippen LogP contribution in [0.15, 0.2) is 18.2 Å². The van der Waals surface area contributed by atoms with Crippen molar-refractivity contribution >= 4 is 17.5 Å². The number of phenolic OH excluding ortho intramolecular Hbond substituents is 1. The van der Waals surface area contributed by atoms with E-state index in [0.717, 1.165) is 38.3 Å². The number of likely N-dealkylation sites (tertiary alicyclic amines) is 1. The van der Waals surface area contributed by atoms with Gasteiger partial charge in [0.1, 0.15) is 5.75 Å². The standard InChI is InChI=1S/C19H28ClN3O3/c1-21-4-6-22(7-5-21)10-15-11-23(12-16(15)13-24)19(26)9-14-2-3-18(25)17(20)8-14/h2-3,8,15-16,24-25H,4-7,9-13H2,1H3/t15-,16-/m1/s1. The van der Waals surface area contributed by atoms with Crippen molar-refractivity contribution in [1.82, 2.24) is 14.7 Å². The van der Waals surface area contributed by atoms with Crippen LogP contribution in [0.25, 0.3) is 0 Å². The summed E-state index contributed by atoms with van der Waals surface area (Å²) in [4.78, 5) is 19.3. The Kier molecular flexibility index (Phi) is 6.40. The van der Waals surface area contributed by atoms with Gasteiger partial charge in [0.05, 0.1) is 11.4 Å². The highest BCUT2D eigenvalue weighted by molar-refractivity contribution is 6.32. The van der Waals surface area contributed by atoms with Crippen LogP contribution in [-0.4, -0.2) is 90.3 Å². The van der Waals surface area contributed by atoms with Gasteiger partial charge in [0.2, 0.25) is 5.91 Å². The van der Waals surface area contributed by atoms with E-state index in [2.05, 4.69) is 16.8 Å². The van der Waals surface area contributed by atoms with E-state index >= 15 is 0 Å². The average Bonchev–Trinajstić information content (AvgIpc) is 3.03. The zero-order valence-electron chi connectivity index (χ0n) is 15.3. The predicted octanol–water partition coefficient (Wildman–Crippen LogP) is 0.902. The summed E-state index contributed by atoms with van der Waals surface area (Å²) in [5, 5.41) is 19.5. The first-order valence-corrected chi connectivity index (χ1v) is 9.61. The number of hydrogen-bond acceptors (Lipinski definition) is 5. The topological polar surface area (TPSA) is 67.2 Å². The number of rotatable bonds is 5. The zero-order valence-corrected chi connectivity index (χ0v) is 16.0. The number of carbonyl (C=O) groups excluding carboxylic acids is 1. The minimum Gasteiger partial charge on any atom is -0.506 e. The Morgan fingerprint density at radius 3 is 2.54 bits per heavy atom. The summed E-state index contributed by atoms with van der Waals surface area (Å²) in [7, 11) is 2.14. The van der Waals surface area contributed by atoms with Crippen LogP contribution in [-0.2, 0) is 11.2 Å². The van der Waals surface area contributed by atoms with Crippen LogP contribution < -0.4 is 0 Å². The fraction of sp³-hybridized carbons (Fsp3) is 0.632. The molecule has 3 rings (SSSR count).